The summed E-state index contributed by atoms with van der Waals surface area (Å²) in [6.45, 7) is 6.65. The minimum atomic E-state index is 0.201. The van der Waals surface area contributed by atoms with E-state index in [-0.39, 0.29) is 5.91 Å². The first kappa shape index (κ1) is 10.3. The summed E-state index contributed by atoms with van der Waals surface area (Å²) in [4.78, 5) is 13.5. The highest BCUT2D eigenvalue weighted by atomic mass is 16.2. The Kier molecular flexibility index (Phi) is 3.09. The van der Waals surface area contributed by atoms with E-state index in [0.717, 1.165) is 17.7 Å². The molecule has 1 unspecified atom stereocenters. The third-order valence-electron chi connectivity index (χ3n) is 2.78. The van der Waals surface area contributed by atoms with Crippen molar-refractivity contribution in [2.24, 2.45) is 5.73 Å². The van der Waals surface area contributed by atoms with Gasteiger partial charge in [-0.05, 0) is 25.8 Å². The lowest BCUT2D eigenvalue weighted by Crippen LogP contribution is -2.32. The van der Waals surface area contributed by atoms with E-state index in [2.05, 4.69) is 13.8 Å². The van der Waals surface area contributed by atoms with Gasteiger partial charge < -0.3 is 10.6 Å². The largest absolute Gasteiger partial charge is 0.327 e. The fourth-order valence-electron chi connectivity index (χ4n) is 1.73. The van der Waals surface area contributed by atoms with Crippen LogP contribution >= 0.6 is 0 Å². The number of allylic oxidation sites excluding steroid dienone is 1. The molecular formula is C10H18N2O. The molecule has 1 amide bonds. The van der Waals surface area contributed by atoms with Gasteiger partial charge in [0.15, 0.2) is 0 Å². The Morgan fingerprint density at radius 2 is 2.23 bits per heavy atom. The van der Waals surface area contributed by atoms with Crippen molar-refractivity contribution in [2.45, 2.75) is 39.7 Å². The Balaban J connectivity index is 2.85. The van der Waals surface area contributed by atoms with Gasteiger partial charge in [0, 0.05) is 18.3 Å². The molecule has 0 saturated heterocycles. The Hall–Kier alpha value is -0.830. The molecule has 0 bridgehead atoms. The second-order valence-corrected chi connectivity index (χ2v) is 3.59. The Labute approximate surface area is 79.6 Å². The van der Waals surface area contributed by atoms with Crippen LogP contribution in [0.25, 0.3) is 0 Å². The van der Waals surface area contributed by atoms with Crippen molar-refractivity contribution >= 4 is 5.91 Å². The molecule has 0 aromatic heterocycles. The maximum Gasteiger partial charge on any atom is 0.231 e. The Morgan fingerprint density at radius 1 is 1.62 bits per heavy atom. The van der Waals surface area contributed by atoms with Crippen LogP contribution in [-0.2, 0) is 4.79 Å². The van der Waals surface area contributed by atoms with E-state index >= 15 is 0 Å². The van der Waals surface area contributed by atoms with Gasteiger partial charge in [0.1, 0.15) is 0 Å². The highest BCUT2D eigenvalue weighted by Crippen LogP contribution is 2.25. The van der Waals surface area contributed by atoms with Gasteiger partial charge in [-0.3, -0.25) is 4.79 Å². The fourth-order valence-corrected chi connectivity index (χ4v) is 1.73. The summed E-state index contributed by atoms with van der Waals surface area (Å²) in [5, 5.41) is 0. The average Bonchev–Trinajstić information content (AvgIpc) is 2.40. The molecular weight excluding hydrogens is 164 g/mol. The van der Waals surface area contributed by atoms with Gasteiger partial charge in [-0.2, -0.15) is 0 Å². The molecule has 0 fully saturated rings. The van der Waals surface area contributed by atoms with Crippen LogP contribution in [0.2, 0.25) is 0 Å². The highest BCUT2D eigenvalue weighted by Gasteiger charge is 2.29. The number of hydrogen-bond donors (Lipinski definition) is 1. The van der Waals surface area contributed by atoms with Crippen LogP contribution < -0.4 is 5.73 Å². The smallest absolute Gasteiger partial charge is 0.231 e. The molecule has 1 aliphatic rings. The molecule has 0 saturated carbocycles. The molecule has 2 N–H and O–H groups in total. The lowest BCUT2D eigenvalue weighted by atomic mass is 10.2. The van der Waals surface area contributed by atoms with Gasteiger partial charge in [0.25, 0.3) is 0 Å². The molecule has 74 valence electrons. The zero-order valence-corrected chi connectivity index (χ0v) is 8.63. The van der Waals surface area contributed by atoms with Crippen molar-refractivity contribution in [1.82, 2.24) is 4.90 Å². The molecule has 0 aliphatic carbocycles. The summed E-state index contributed by atoms with van der Waals surface area (Å²) < 4.78 is 0. The molecule has 0 aromatic carbocycles. The number of rotatable bonds is 3. The van der Waals surface area contributed by atoms with E-state index in [1.807, 2.05) is 11.8 Å². The summed E-state index contributed by atoms with van der Waals surface area (Å²) >= 11 is 0. The van der Waals surface area contributed by atoms with Crippen LogP contribution in [0.3, 0.4) is 0 Å². The molecule has 1 aliphatic heterocycles. The van der Waals surface area contributed by atoms with Crippen molar-refractivity contribution in [2.75, 3.05) is 6.54 Å². The first-order valence-corrected chi connectivity index (χ1v) is 4.82. The monoisotopic (exact) mass is 182 g/mol. The van der Waals surface area contributed by atoms with E-state index < -0.39 is 0 Å². The van der Waals surface area contributed by atoms with E-state index in [9.17, 15) is 4.79 Å². The molecule has 0 spiro atoms. The predicted molar refractivity (Wildman–Crippen MR) is 53.0 cm³/mol. The topological polar surface area (TPSA) is 46.3 Å². The first-order valence-electron chi connectivity index (χ1n) is 4.82. The number of nitrogens with zero attached hydrogens (tertiary/aromatic N) is 1. The third-order valence-corrected chi connectivity index (χ3v) is 2.78. The van der Waals surface area contributed by atoms with Crippen LogP contribution in [0.4, 0.5) is 0 Å². The van der Waals surface area contributed by atoms with Crippen LogP contribution in [0.15, 0.2) is 11.3 Å². The Morgan fingerprint density at radius 3 is 2.62 bits per heavy atom. The van der Waals surface area contributed by atoms with E-state index in [1.54, 1.807) is 0 Å². The molecule has 0 radical (unpaired) electrons. The molecule has 0 aromatic rings. The number of carbonyl (C=O) groups is 1. The minimum absolute atomic E-state index is 0.201. The number of nitrogens with two attached hydrogens (primary N) is 1. The maximum atomic E-state index is 11.6. The maximum absolute atomic E-state index is 11.6. The van der Waals surface area contributed by atoms with Gasteiger partial charge in [-0.25, -0.2) is 0 Å². The Bertz CT molecular complexity index is 245. The van der Waals surface area contributed by atoms with Gasteiger partial charge in [-0.15, -0.1) is 0 Å². The highest BCUT2D eigenvalue weighted by molar-refractivity contribution is 5.84. The number of amides is 1. The zero-order chi connectivity index (χ0) is 10.0. The van der Waals surface area contributed by atoms with E-state index in [4.69, 9.17) is 5.73 Å². The second kappa shape index (κ2) is 3.92. The zero-order valence-electron chi connectivity index (χ0n) is 8.63. The molecule has 1 heterocycles. The predicted octanol–water partition coefficient (Wildman–Crippen LogP) is 1.25. The van der Waals surface area contributed by atoms with Gasteiger partial charge >= 0.3 is 0 Å². The van der Waals surface area contributed by atoms with Crippen LogP contribution in [-0.4, -0.2) is 23.4 Å². The third kappa shape index (κ3) is 1.75. The second-order valence-electron chi connectivity index (χ2n) is 3.59. The van der Waals surface area contributed by atoms with Crippen molar-refractivity contribution < 1.29 is 4.79 Å². The average molecular weight is 182 g/mol. The van der Waals surface area contributed by atoms with Gasteiger partial charge in [0.2, 0.25) is 5.91 Å². The quantitative estimate of drug-likeness (QED) is 0.714. The summed E-state index contributed by atoms with van der Waals surface area (Å²) in [6, 6.07) is 0.302. The van der Waals surface area contributed by atoms with Crippen molar-refractivity contribution in [3.8, 4) is 0 Å². The lowest BCUT2D eigenvalue weighted by molar-refractivity contribution is -0.128. The van der Waals surface area contributed by atoms with Crippen molar-refractivity contribution in [1.29, 1.82) is 0 Å². The van der Waals surface area contributed by atoms with Crippen LogP contribution in [0, 0.1) is 0 Å². The number of hydrogen-bond acceptors (Lipinski definition) is 2. The molecule has 3 nitrogen and oxygen atoms in total. The number of carbonyl (C=O) groups excluding carboxylic acids is 1. The summed E-state index contributed by atoms with van der Waals surface area (Å²) in [5.41, 5.74) is 7.71. The summed E-state index contributed by atoms with van der Waals surface area (Å²) in [5.74, 6) is 0.201. The normalized spacial score (nSPS) is 20.0. The van der Waals surface area contributed by atoms with Gasteiger partial charge in [-0.1, -0.05) is 6.92 Å². The van der Waals surface area contributed by atoms with E-state index in [1.165, 1.54) is 0 Å². The van der Waals surface area contributed by atoms with Crippen LogP contribution in [0.5, 0.6) is 0 Å². The fraction of sp³-hybridized carbons (Fsp3) is 0.700. The standard InChI is InChI=1S/C10H18N2O/c1-4-7(2)12-8(3)9(6-11)5-10(12)13/h7H,4-6,11H2,1-3H3. The van der Waals surface area contributed by atoms with Crippen molar-refractivity contribution in [3.05, 3.63) is 11.3 Å². The minimum Gasteiger partial charge on any atom is -0.327 e. The SMILES string of the molecule is CCC(C)N1C(=O)CC(CN)=C1C. The van der Waals surface area contributed by atoms with Gasteiger partial charge in [0.05, 0.1) is 6.42 Å². The summed E-state index contributed by atoms with van der Waals surface area (Å²) in [7, 11) is 0. The lowest BCUT2D eigenvalue weighted by Gasteiger charge is -2.24. The molecule has 1 atom stereocenters. The first-order chi connectivity index (χ1) is 6.11. The molecule has 1 rings (SSSR count). The molecule has 3 heteroatoms. The summed E-state index contributed by atoms with van der Waals surface area (Å²) in [6.07, 6.45) is 1.51. The van der Waals surface area contributed by atoms with Crippen LogP contribution in [0.1, 0.15) is 33.6 Å². The van der Waals surface area contributed by atoms with E-state index in [0.29, 0.717) is 19.0 Å². The van der Waals surface area contributed by atoms with Crippen molar-refractivity contribution in [3.63, 3.8) is 0 Å². The molecule has 13 heavy (non-hydrogen) atoms.